The molecule has 1 aliphatic rings. The summed E-state index contributed by atoms with van der Waals surface area (Å²) in [5.74, 6) is 3.20. The van der Waals surface area contributed by atoms with E-state index in [1.54, 1.807) is 28.4 Å². The number of piperidine rings is 1. The summed E-state index contributed by atoms with van der Waals surface area (Å²) >= 11 is 0. The van der Waals surface area contributed by atoms with Crippen LogP contribution < -0.4 is 23.8 Å². The van der Waals surface area contributed by atoms with Crippen LogP contribution in [0.2, 0.25) is 0 Å². The van der Waals surface area contributed by atoms with Crippen molar-refractivity contribution in [2.24, 2.45) is 0 Å². The molecule has 1 aromatic heterocycles. The molecule has 3 aromatic rings. The number of hydrogen-bond donors (Lipinski definition) is 1. The van der Waals surface area contributed by atoms with Crippen molar-refractivity contribution >= 4 is 16.7 Å². The van der Waals surface area contributed by atoms with Gasteiger partial charge in [0.15, 0.2) is 11.5 Å². The first-order valence-electron chi connectivity index (χ1n) is 10.1. The number of rotatable bonds is 6. The molecule has 0 radical (unpaired) electrons. The van der Waals surface area contributed by atoms with E-state index in [2.05, 4.69) is 27.0 Å². The van der Waals surface area contributed by atoms with E-state index in [4.69, 9.17) is 18.9 Å². The number of aliphatic hydroxyl groups excluding tert-OH is 1. The van der Waals surface area contributed by atoms with Crippen molar-refractivity contribution in [1.29, 1.82) is 0 Å². The molecule has 2 atom stereocenters. The Balaban J connectivity index is 1.76. The highest BCUT2D eigenvalue weighted by molar-refractivity contribution is 5.97. The van der Waals surface area contributed by atoms with E-state index in [1.807, 2.05) is 18.2 Å². The summed E-state index contributed by atoms with van der Waals surface area (Å²) in [6.45, 7) is 1.20. The third-order valence-electron chi connectivity index (χ3n) is 5.73. The van der Waals surface area contributed by atoms with Gasteiger partial charge in [0.2, 0.25) is 5.75 Å². The van der Waals surface area contributed by atoms with E-state index in [1.165, 1.54) is 6.33 Å². The molecule has 2 heterocycles. The number of fused-ring (bicyclic) bond motifs is 1. The lowest BCUT2D eigenvalue weighted by atomic mass is 9.89. The first kappa shape index (κ1) is 21.0. The van der Waals surface area contributed by atoms with Crippen molar-refractivity contribution in [3.8, 4) is 23.0 Å². The Morgan fingerprint density at radius 3 is 2.29 bits per heavy atom. The molecule has 8 nitrogen and oxygen atoms in total. The number of ether oxygens (including phenoxy) is 4. The number of aliphatic hydroxyl groups is 1. The normalized spacial score (nSPS) is 18.7. The standard InChI is InChI=1S/C23H27N3O5/c1-28-17-7-5-14(6-8-17)15-9-16(27)12-26(11-15)23-18-10-19(29-2)21(30-3)22(31-4)20(18)24-13-25-23/h5-8,10,13,15-16,27H,9,11-12H2,1-4H3. The van der Waals surface area contributed by atoms with Crippen molar-refractivity contribution < 1.29 is 24.1 Å². The lowest BCUT2D eigenvalue weighted by molar-refractivity contribution is 0.144. The smallest absolute Gasteiger partial charge is 0.205 e. The van der Waals surface area contributed by atoms with Crippen molar-refractivity contribution in [2.75, 3.05) is 46.4 Å². The molecule has 4 rings (SSSR count). The molecule has 1 fully saturated rings. The lowest BCUT2D eigenvalue weighted by Gasteiger charge is -2.37. The molecule has 8 heteroatoms. The van der Waals surface area contributed by atoms with Gasteiger partial charge in [-0.1, -0.05) is 12.1 Å². The Labute approximate surface area is 181 Å². The number of benzene rings is 2. The van der Waals surface area contributed by atoms with Gasteiger partial charge in [0.1, 0.15) is 23.4 Å². The second-order valence-corrected chi connectivity index (χ2v) is 7.50. The monoisotopic (exact) mass is 425 g/mol. The SMILES string of the molecule is COc1ccc(C2CC(O)CN(c3ncnc4c(OC)c(OC)c(OC)cc34)C2)cc1. The fourth-order valence-electron chi connectivity index (χ4n) is 4.27. The van der Waals surface area contributed by atoms with Crippen LogP contribution in [0, 0.1) is 0 Å². The van der Waals surface area contributed by atoms with Crippen LogP contribution in [0.5, 0.6) is 23.0 Å². The van der Waals surface area contributed by atoms with Gasteiger partial charge in [-0.2, -0.15) is 0 Å². The molecule has 0 bridgehead atoms. The zero-order chi connectivity index (χ0) is 22.0. The van der Waals surface area contributed by atoms with Gasteiger partial charge in [-0.25, -0.2) is 9.97 Å². The molecule has 0 aliphatic carbocycles. The zero-order valence-electron chi connectivity index (χ0n) is 18.2. The van der Waals surface area contributed by atoms with Gasteiger partial charge in [0.05, 0.1) is 39.9 Å². The molecule has 1 saturated heterocycles. The first-order valence-corrected chi connectivity index (χ1v) is 10.1. The predicted octanol–water partition coefficient (Wildman–Crippen LogP) is 3.02. The first-order chi connectivity index (χ1) is 15.1. The van der Waals surface area contributed by atoms with E-state index < -0.39 is 6.10 Å². The Morgan fingerprint density at radius 1 is 0.903 bits per heavy atom. The minimum absolute atomic E-state index is 0.154. The van der Waals surface area contributed by atoms with Crippen LogP contribution in [0.1, 0.15) is 17.9 Å². The van der Waals surface area contributed by atoms with Crippen molar-refractivity contribution in [1.82, 2.24) is 9.97 Å². The topological polar surface area (TPSA) is 86.2 Å². The number of nitrogens with zero attached hydrogens (tertiary/aromatic N) is 3. The van der Waals surface area contributed by atoms with Crippen LogP contribution >= 0.6 is 0 Å². The third-order valence-corrected chi connectivity index (χ3v) is 5.73. The minimum atomic E-state index is -0.479. The number of β-amino-alcohol motifs (C(OH)–C–C–N with tert-alkyl or cyclic N) is 1. The molecule has 31 heavy (non-hydrogen) atoms. The predicted molar refractivity (Wildman–Crippen MR) is 118 cm³/mol. The summed E-state index contributed by atoms with van der Waals surface area (Å²) in [6.07, 6.45) is 1.72. The van der Waals surface area contributed by atoms with Crippen molar-refractivity contribution in [3.05, 3.63) is 42.2 Å². The summed E-state index contributed by atoms with van der Waals surface area (Å²) < 4.78 is 21.9. The lowest BCUT2D eigenvalue weighted by Crippen LogP contribution is -2.42. The quantitative estimate of drug-likeness (QED) is 0.645. The molecule has 0 amide bonds. The zero-order valence-corrected chi connectivity index (χ0v) is 18.2. The molecule has 1 aliphatic heterocycles. The van der Waals surface area contributed by atoms with E-state index >= 15 is 0 Å². The number of anilines is 1. The van der Waals surface area contributed by atoms with Crippen LogP contribution in [-0.4, -0.2) is 62.7 Å². The Morgan fingerprint density at radius 2 is 1.65 bits per heavy atom. The highest BCUT2D eigenvalue weighted by Gasteiger charge is 2.30. The van der Waals surface area contributed by atoms with Crippen LogP contribution in [0.25, 0.3) is 10.9 Å². The molecular weight excluding hydrogens is 398 g/mol. The van der Waals surface area contributed by atoms with Gasteiger partial charge in [-0.15, -0.1) is 0 Å². The second kappa shape index (κ2) is 8.85. The Kier molecular flexibility index (Phi) is 5.99. The maximum atomic E-state index is 10.7. The van der Waals surface area contributed by atoms with Gasteiger partial charge in [-0.3, -0.25) is 0 Å². The van der Waals surface area contributed by atoms with Crippen LogP contribution in [-0.2, 0) is 0 Å². The molecule has 1 N–H and O–H groups in total. The minimum Gasteiger partial charge on any atom is -0.497 e. The van der Waals surface area contributed by atoms with Crippen LogP contribution in [0.4, 0.5) is 5.82 Å². The fourth-order valence-corrected chi connectivity index (χ4v) is 4.27. The van der Waals surface area contributed by atoms with Crippen LogP contribution in [0.15, 0.2) is 36.7 Å². The summed E-state index contributed by atoms with van der Waals surface area (Å²) in [7, 11) is 6.37. The number of hydrogen-bond acceptors (Lipinski definition) is 8. The van der Waals surface area contributed by atoms with E-state index in [0.717, 1.165) is 22.5 Å². The van der Waals surface area contributed by atoms with Crippen molar-refractivity contribution in [3.63, 3.8) is 0 Å². The maximum Gasteiger partial charge on any atom is 0.205 e. The van der Waals surface area contributed by atoms with E-state index in [-0.39, 0.29) is 5.92 Å². The summed E-state index contributed by atoms with van der Waals surface area (Å²) in [4.78, 5) is 11.1. The summed E-state index contributed by atoms with van der Waals surface area (Å²) in [5, 5.41) is 11.4. The average molecular weight is 425 g/mol. The largest absolute Gasteiger partial charge is 0.497 e. The van der Waals surface area contributed by atoms with E-state index in [9.17, 15) is 5.11 Å². The maximum absolute atomic E-state index is 10.7. The van der Waals surface area contributed by atoms with Gasteiger partial charge in [-0.05, 0) is 30.2 Å². The highest BCUT2D eigenvalue weighted by Crippen LogP contribution is 2.45. The van der Waals surface area contributed by atoms with Gasteiger partial charge in [0, 0.05) is 19.0 Å². The molecular formula is C23H27N3O5. The molecule has 0 saturated carbocycles. The summed E-state index contributed by atoms with van der Waals surface area (Å²) in [5.41, 5.74) is 1.78. The average Bonchev–Trinajstić information content (AvgIpc) is 2.81. The van der Waals surface area contributed by atoms with Crippen molar-refractivity contribution in [2.45, 2.75) is 18.4 Å². The highest BCUT2D eigenvalue weighted by atomic mass is 16.5. The van der Waals surface area contributed by atoms with Crippen LogP contribution in [0.3, 0.4) is 0 Å². The van der Waals surface area contributed by atoms with Gasteiger partial charge >= 0.3 is 0 Å². The summed E-state index contributed by atoms with van der Waals surface area (Å²) in [6, 6.07) is 9.85. The Bertz CT molecular complexity index is 1060. The Hall–Kier alpha value is -3.26. The molecule has 0 spiro atoms. The molecule has 2 unspecified atom stereocenters. The number of methoxy groups -OCH3 is 4. The fraction of sp³-hybridized carbons (Fsp3) is 0.391. The van der Waals surface area contributed by atoms with Gasteiger partial charge < -0.3 is 29.0 Å². The van der Waals surface area contributed by atoms with E-state index in [0.29, 0.717) is 42.3 Å². The third kappa shape index (κ3) is 3.90. The molecule has 2 aromatic carbocycles. The number of aromatic nitrogens is 2. The second-order valence-electron chi connectivity index (χ2n) is 7.50. The van der Waals surface area contributed by atoms with Gasteiger partial charge in [0.25, 0.3) is 0 Å². The molecule has 164 valence electrons.